The molecule has 1 aromatic carbocycles. The highest BCUT2D eigenvalue weighted by atomic mass is 16.5. The molecular formula is C22H26N4O2. The highest BCUT2D eigenvalue weighted by molar-refractivity contribution is 5.99. The van der Waals surface area contributed by atoms with Gasteiger partial charge in [-0.1, -0.05) is 6.07 Å². The average molecular weight is 378 g/mol. The van der Waals surface area contributed by atoms with Gasteiger partial charge in [-0.3, -0.25) is 14.7 Å². The zero-order valence-electron chi connectivity index (χ0n) is 16.4. The first-order valence-electron chi connectivity index (χ1n) is 9.70. The molecule has 3 heterocycles. The van der Waals surface area contributed by atoms with Crippen molar-refractivity contribution in [3.8, 4) is 5.75 Å². The smallest absolute Gasteiger partial charge is 0.268 e. The molecule has 146 valence electrons. The second-order valence-corrected chi connectivity index (χ2v) is 7.38. The van der Waals surface area contributed by atoms with Gasteiger partial charge < -0.3 is 14.6 Å². The zero-order valence-corrected chi connectivity index (χ0v) is 16.4. The van der Waals surface area contributed by atoms with E-state index in [9.17, 15) is 4.79 Å². The van der Waals surface area contributed by atoms with Crippen LogP contribution in [0.2, 0.25) is 0 Å². The molecule has 6 heteroatoms. The van der Waals surface area contributed by atoms with Crippen LogP contribution in [-0.4, -0.2) is 46.6 Å². The molecule has 0 spiro atoms. The van der Waals surface area contributed by atoms with Crippen LogP contribution in [0, 0.1) is 0 Å². The summed E-state index contributed by atoms with van der Waals surface area (Å²) >= 11 is 0. The molecule has 3 aromatic rings. The lowest BCUT2D eigenvalue weighted by Gasteiger charge is -2.32. The molecule has 0 saturated carbocycles. The van der Waals surface area contributed by atoms with Crippen molar-refractivity contribution < 1.29 is 9.53 Å². The summed E-state index contributed by atoms with van der Waals surface area (Å²) in [5.74, 6) is 0.768. The van der Waals surface area contributed by atoms with Gasteiger partial charge in [-0.2, -0.15) is 0 Å². The van der Waals surface area contributed by atoms with Gasteiger partial charge in [0.15, 0.2) is 0 Å². The summed E-state index contributed by atoms with van der Waals surface area (Å²) in [4.78, 5) is 19.7. The first kappa shape index (κ1) is 18.5. The molecule has 1 atom stereocenters. The molecule has 1 unspecified atom stereocenters. The van der Waals surface area contributed by atoms with Gasteiger partial charge >= 0.3 is 0 Å². The Morgan fingerprint density at radius 2 is 2.18 bits per heavy atom. The van der Waals surface area contributed by atoms with E-state index < -0.39 is 0 Å². The van der Waals surface area contributed by atoms with Crippen LogP contribution < -0.4 is 10.1 Å². The van der Waals surface area contributed by atoms with Gasteiger partial charge in [0.05, 0.1) is 12.8 Å². The summed E-state index contributed by atoms with van der Waals surface area (Å²) in [7, 11) is 3.58. The number of nitrogens with one attached hydrogen (secondary N) is 1. The van der Waals surface area contributed by atoms with E-state index in [1.54, 1.807) is 7.11 Å². The van der Waals surface area contributed by atoms with Crippen molar-refractivity contribution in [1.82, 2.24) is 19.8 Å². The molecule has 1 aliphatic rings. The Morgan fingerprint density at radius 3 is 2.96 bits per heavy atom. The molecule has 1 saturated heterocycles. The van der Waals surface area contributed by atoms with E-state index in [4.69, 9.17) is 4.74 Å². The van der Waals surface area contributed by atoms with Crippen LogP contribution in [0.5, 0.6) is 5.75 Å². The molecule has 0 radical (unpaired) electrons. The minimum Gasteiger partial charge on any atom is -0.497 e. The van der Waals surface area contributed by atoms with E-state index in [1.807, 2.05) is 60.3 Å². The lowest BCUT2D eigenvalue weighted by Crippen LogP contribution is -2.47. The third-order valence-electron chi connectivity index (χ3n) is 5.43. The maximum Gasteiger partial charge on any atom is 0.268 e. The molecule has 28 heavy (non-hydrogen) atoms. The Balaban J connectivity index is 1.44. The van der Waals surface area contributed by atoms with Crippen LogP contribution in [0.1, 0.15) is 29.0 Å². The molecule has 0 aliphatic carbocycles. The van der Waals surface area contributed by atoms with Crippen LogP contribution >= 0.6 is 0 Å². The summed E-state index contributed by atoms with van der Waals surface area (Å²) in [5, 5.41) is 4.24. The summed E-state index contributed by atoms with van der Waals surface area (Å²) < 4.78 is 7.24. The number of carbonyl (C=O) groups excluding carboxylic acids is 1. The number of hydrogen-bond acceptors (Lipinski definition) is 4. The predicted octanol–water partition coefficient (Wildman–Crippen LogP) is 2.98. The Kier molecular flexibility index (Phi) is 5.30. The highest BCUT2D eigenvalue weighted by Gasteiger charge is 2.23. The number of piperidine rings is 1. The van der Waals surface area contributed by atoms with E-state index in [1.165, 1.54) is 0 Å². The number of ether oxygens (including phenoxy) is 1. The Bertz CT molecular complexity index is 967. The molecule has 1 N–H and O–H groups in total. The van der Waals surface area contributed by atoms with E-state index in [0.29, 0.717) is 5.69 Å². The largest absolute Gasteiger partial charge is 0.497 e. The fourth-order valence-corrected chi connectivity index (χ4v) is 3.97. The number of likely N-dealkylation sites (tertiary alicyclic amines) is 1. The second kappa shape index (κ2) is 8.02. The highest BCUT2D eigenvalue weighted by Crippen LogP contribution is 2.24. The van der Waals surface area contributed by atoms with Crippen molar-refractivity contribution >= 4 is 16.8 Å². The number of aromatic nitrogens is 2. The Morgan fingerprint density at radius 1 is 1.29 bits per heavy atom. The van der Waals surface area contributed by atoms with E-state index in [-0.39, 0.29) is 11.9 Å². The van der Waals surface area contributed by atoms with Gasteiger partial charge in [0, 0.05) is 43.3 Å². The standard InChI is InChI=1S/C22H26N4O2/c1-25-20-9-8-19(28-2)12-16(20)13-21(25)22(27)24-18-7-5-11-26(15-18)14-17-6-3-4-10-23-17/h3-4,6,8-10,12-13,18H,5,7,11,14-15H2,1-2H3,(H,24,27). The molecule has 0 bridgehead atoms. The lowest BCUT2D eigenvalue weighted by atomic mass is 10.1. The number of nitrogens with zero attached hydrogens (tertiary/aromatic N) is 3. The number of hydrogen-bond donors (Lipinski definition) is 1. The molecule has 1 fully saturated rings. The number of rotatable bonds is 5. The van der Waals surface area contributed by atoms with Crippen LogP contribution in [0.25, 0.3) is 10.9 Å². The minimum atomic E-state index is -0.0256. The number of amides is 1. The van der Waals surface area contributed by atoms with Gasteiger partial charge in [-0.05, 0) is 55.8 Å². The molecule has 4 rings (SSSR count). The van der Waals surface area contributed by atoms with E-state index in [2.05, 4.69) is 15.2 Å². The number of aryl methyl sites for hydroxylation is 1. The first-order valence-corrected chi connectivity index (χ1v) is 9.70. The third kappa shape index (κ3) is 3.87. The van der Waals surface area contributed by atoms with Gasteiger partial charge in [-0.15, -0.1) is 0 Å². The van der Waals surface area contributed by atoms with E-state index >= 15 is 0 Å². The van der Waals surface area contributed by atoms with Crippen molar-refractivity contribution in [2.45, 2.75) is 25.4 Å². The fourth-order valence-electron chi connectivity index (χ4n) is 3.97. The van der Waals surface area contributed by atoms with Crippen molar-refractivity contribution in [1.29, 1.82) is 0 Å². The number of benzene rings is 1. The Labute approximate surface area is 165 Å². The van der Waals surface area contributed by atoms with Crippen molar-refractivity contribution in [3.05, 3.63) is 60.0 Å². The van der Waals surface area contributed by atoms with Crippen LogP contribution in [0.3, 0.4) is 0 Å². The quantitative estimate of drug-likeness (QED) is 0.742. The average Bonchev–Trinajstić information content (AvgIpc) is 3.05. The number of pyridine rings is 1. The SMILES string of the molecule is COc1ccc2c(c1)cc(C(=O)NC1CCCN(Cc3ccccn3)C1)n2C. The summed E-state index contributed by atoms with van der Waals surface area (Å²) in [5.41, 5.74) is 2.76. The number of carbonyl (C=O) groups is 1. The minimum absolute atomic E-state index is 0.0256. The number of fused-ring (bicyclic) bond motifs is 1. The molecular weight excluding hydrogens is 352 g/mol. The normalized spacial score (nSPS) is 17.6. The Hall–Kier alpha value is -2.86. The third-order valence-corrected chi connectivity index (χ3v) is 5.43. The molecule has 1 aliphatic heterocycles. The summed E-state index contributed by atoms with van der Waals surface area (Å²) in [6, 6.07) is 13.9. The first-order chi connectivity index (χ1) is 13.6. The maximum atomic E-state index is 12.9. The van der Waals surface area contributed by atoms with Crippen LogP contribution in [0.15, 0.2) is 48.7 Å². The lowest BCUT2D eigenvalue weighted by molar-refractivity contribution is 0.0892. The zero-order chi connectivity index (χ0) is 19.5. The maximum absolute atomic E-state index is 12.9. The predicted molar refractivity (Wildman–Crippen MR) is 109 cm³/mol. The van der Waals surface area contributed by atoms with Gasteiger partial charge in [-0.25, -0.2) is 0 Å². The molecule has 1 amide bonds. The number of methoxy groups -OCH3 is 1. The monoisotopic (exact) mass is 378 g/mol. The van der Waals surface area contributed by atoms with Crippen LogP contribution in [-0.2, 0) is 13.6 Å². The second-order valence-electron chi connectivity index (χ2n) is 7.38. The van der Waals surface area contributed by atoms with Crippen molar-refractivity contribution in [2.24, 2.45) is 7.05 Å². The van der Waals surface area contributed by atoms with Crippen molar-refractivity contribution in [2.75, 3.05) is 20.2 Å². The van der Waals surface area contributed by atoms with Crippen molar-refractivity contribution in [3.63, 3.8) is 0 Å². The summed E-state index contributed by atoms with van der Waals surface area (Å²) in [6.07, 6.45) is 3.90. The van der Waals surface area contributed by atoms with Gasteiger partial charge in [0.25, 0.3) is 5.91 Å². The van der Waals surface area contributed by atoms with Gasteiger partial charge in [0.1, 0.15) is 11.4 Å². The van der Waals surface area contributed by atoms with E-state index in [0.717, 1.165) is 54.8 Å². The van der Waals surface area contributed by atoms with Crippen LogP contribution in [0.4, 0.5) is 0 Å². The van der Waals surface area contributed by atoms with Gasteiger partial charge in [0.2, 0.25) is 0 Å². The fraction of sp³-hybridized carbons (Fsp3) is 0.364. The summed E-state index contributed by atoms with van der Waals surface area (Å²) in [6.45, 7) is 2.71. The topological polar surface area (TPSA) is 59.4 Å². The molecule has 2 aromatic heterocycles. The molecule has 6 nitrogen and oxygen atoms in total.